The van der Waals surface area contributed by atoms with Crippen LogP contribution in [0.5, 0.6) is 0 Å². The maximum Gasteiger partial charge on any atom is 0.249 e. The molecule has 14 heavy (non-hydrogen) atoms. The van der Waals surface area contributed by atoms with Gasteiger partial charge in [-0.3, -0.25) is 0 Å². The fourth-order valence-corrected chi connectivity index (χ4v) is 2.53. The van der Waals surface area contributed by atoms with E-state index in [1.54, 1.807) is 13.8 Å². The molecule has 0 heterocycles. The summed E-state index contributed by atoms with van der Waals surface area (Å²) < 4.78 is 25.6. The van der Waals surface area contributed by atoms with Gasteiger partial charge in [-0.05, 0) is 12.8 Å². The Hall–Kier alpha value is -0.220. The SMILES string of the molecule is CCC(O)(CC)C1(CO)CC(F)(F)C1. The fourth-order valence-electron chi connectivity index (χ4n) is 2.53. The molecule has 0 aromatic carbocycles. The molecule has 0 saturated heterocycles. The van der Waals surface area contributed by atoms with Crippen molar-refractivity contribution in [3.8, 4) is 0 Å². The lowest BCUT2D eigenvalue weighted by Crippen LogP contribution is -2.61. The molecular weight excluding hydrogens is 190 g/mol. The van der Waals surface area contributed by atoms with Crippen LogP contribution in [-0.2, 0) is 0 Å². The lowest BCUT2D eigenvalue weighted by molar-refractivity contribution is -0.253. The van der Waals surface area contributed by atoms with Crippen LogP contribution in [0.2, 0.25) is 0 Å². The first-order valence-corrected chi connectivity index (χ1v) is 5.06. The number of rotatable bonds is 4. The summed E-state index contributed by atoms with van der Waals surface area (Å²) in [5.41, 5.74) is -2.14. The molecule has 84 valence electrons. The number of hydrogen-bond acceptors (Lipinski definition) is 2. The van der Waals surface area contributed by atoms with Crippen molar-refractivity contribution in [3.05, 3.63) is 0 Å². The Morgan fingerprint density at radius 3 is 1.86 bits per heavy atom. The van der Waals surface area contributed by atoms with Crippen LogP contribution >= 0.6 is 0 Å². The molecule has 1 aliphatic rings. The van der Waals surface area contributed by atoms with Crippen molar-refractivity contribution in [2.24, 2.45) is 5.41 Å². The largest absolute Gasteiger partial charge is 0.396 e. The van der Waals surface area contributed by atoms with Gasteiger partial charge >= 0.3 is 0 Å². The standard InChI is InChI=1S/C10H18F2O2/c1-3-9(14,4-2)8(7-13)5-10(11,12)6-8/h13-14H,3-7H2,1-2H3. The second kappa shape index (κ2) is 3.42. The number of aliphatic hydroxyl groups is 2. The summed E-state index contributed by atoms with van der Waals surface area (Å²) >= 11 is 0. The van der Waals surface area contributed by atoms with Crippen LogP contribution in [0.15, 0.2) is 0 Å². The number of halogens is 2. The second-order valence-electron chi connectivity index (χ2n) is 4.39. The van der Waals surface area contributed by atoms with Crippen molar-refractivity contribution in [1.29, 1.82) is 0 Å². The van der Waals surface area contributed by atoms with Gasteiger partial charge in [0.2, 0.25) is 5.92 Å². The van der Waals surface area contributed by atoms with Gasteiger partial charge < -0.3 is 10.2 Å². The molecule has 1 fully saturated rings. The molecule has 0 radical (unpaired) electrons. The minimum Gasteiger partial charge on any atom is -0.396 e. The molecule has 0 bridgehead atoms. The second-order valence-corrected chi connectivity index (χ2v) is 4.39. The summed E-state index contributed by atoms with van der Waals surface area (Å²) in [4.78, 5) is 0. The molecule has 2 nitrogen and oxygen atoms in total. The Morgan fingerprint density at radius 1 is 1.21 bits per heavy atom. The Morgan fingerprint density at radius 2 is 1.64 bits per heavy atom. The monoisotopic (exact) mass is 208 g/mol. The van der Waals surface area contributed by atoms with Crippen LogP contribution in [0.4, 0.5) is 8.78 Å². The highest BCUT2D eigenvalue weighted by Crippen LogP contribution is 2.58. The van der Waals surface area contributed by atoms with Crippen molar-refractivity contribution in [2.45, 2.75) is 51.1 Å². The number of hydrogen-bond donors (Lipinski definition) is 2. The normalized spacial score (nSPS) is 24.4. The van der Waals surface area contributed by atoms with E-state index in [9.17, 15) is 19.0 Å². The molecule has 0 atom stereocenters. The average molecular weight is 208 g/mol. The predicted molar refractivity (Wildman–Crippen MR) is 49.2 cm³/mol. The van der Waals surface area contributed by atoms with Crippen LogP contribution in [0.3, 0.4) is 0 Å². The van der Waals surface area contributed by atoms with E-state index < -0.39 is 29.8 Å². The van der Waals surface area contributed by atoms with Gasteiger partial charge in [0.25, 0.3) is 0 Å². The quantitative estimate of drug-likeness (QED) is 0.741. The van der Waals surface area contributed by atoms with Crippen molar-refractivity contribution in [1.82, 2.24) is 0 Å². The molecule has 0 aliphatic heterocycles. The molecular formula is C10H18F2O2. The summed E-state index contributed by atoms with van der Waals surface area (Å²) in [5, 5.41) is 19.3. The zero-order chi connectivity index (χ0) is 11.0. The summed E-state index contributed by atoms with van der Waals surface area (Å²) in [6.45, 7) is 3.16. The lowest BCUT2D eigenvalue weighted by atomic mass is 9.55. The van der Waals surface area contributed by atoms with E-state index in [-0.39, 0.29) is 6.61 Å². The van der Waals surface area contributed by atoms with Crippen molar-refractivity contribution < 1.29 is 19.0 Å². The van der Waals surface area contributed by atoms with Crippen molar-refractivity contribution in [2.75, 3.05) is 6.61 Å². The Kier molecular flexibility index (Phi) is 2.89. The Balaban J connectivity index is 2.82. The van der Waals surface area contributed by atoms with Gasteiger partial charge in [0.1, 0.15) is 0 Å². The number of aliphatic hydroxyl groups excluding tert-OH is 1. The molecule has 2 N–H and O–H groups in total. The molecule has 0 unspecified atom stereocenters. The molecule has 4 heteroatoms. The first kappa shape index (κ1) is 11.9. The highest BCUT2D eigenvalue weighted by atomic mass is 19.3. The molecule has 1 rings (SSSR count). The third kappa shape index (κ3) is 1.54. The van der Waals surface area contributed by atoms with Gasteiger partial charge in [-0.2, -0.15) is 0 Å². The van der Waals surface area contributed by atoms with Crippen molar-refractivity contribution >= 4 is 0 Å². The van der Waals surface area contributed by atoms with E-state index in [4.69, 9.17) is 0 Å². The van der Waals surface area contributed by atoms with Gasteiger partial charge in [-0.15, -0.1) is 0 Å². The fraction of sp³-hybridized carbons (Fsp3) is 1.00. The van der Waals surface area contributed by atoms with Crippen LogP contribution in [0, 0.1) is 5.41 Å². The van der Waals surface area contributed by atoms with Crippen LogP contribution < -0.4 is 0 Å². The summed E-state index contributed by atoms with van der Waals surface area (Å²) in [6, 6.07) is 0. The zero-order valence-electron chi connectivity index (χ0n) is 8.69. The lowest BCUT2D eigenvalue weighted by Gasteiger charge is -2.55. The third-order valence-corrected chi connectivity index (χ3v) is 3.65. The van der Waals surface area contributed by atoms with E-state index >= 15 is 0 Å². The molecule has 0 amide bonds. The van der Waals surface area contributed by atoms with Gasteiger partial charge in [0, 0.05) is 18.3 Å². The minimum absolute atomic E-state index is 0.360. The van der Waals surface area contributed by atoms with Crippen LogP contribution in [0.25, 0.3) is 0 Å². The zero-order valence-corrected chi connectivity index (χ0v) is 8.69. The maximum atomic E-state index is 12.8. The van der Waals surface area contributed by atoms with Crippen molar-refractivity contribution in [3.63, 3.8) is 0 Å². The Bertz CT molecular complexity index is 204. The first-order chi connectivity index (χ1) is 6.35. The number of alkyl halides is 2. The van der Waals surface area contributed by atoms with Gasteiger partial charge in [0.05, 0.1) is 12.2 Å². The van der Waals surface area contributed by atoms with Gasteiger partial charge in [0.15, 0.2) is 0 Å². The van der Waals surface area contributed by atoms with E-state index in [0.29, 0.717) is 12.8 Å². The van der Waals surface area contributed by atoms with E-state index in [0.717, 1.165) is 0 Å². The Labute approximate surface area is 82.9 Å². The maximum absolute atomic E-state index is 12.8. The molecule has 1 saturated carbocycles. The topological polar surface area (TPSA) is 40.5 Å². The smallest absolute Gasteiger partial charge is 0.249 e. The van der Waals surface area contributed by atoms with Gasteiger partial charge in [-0.25, -0.2) is 8.78 Å². The third-order valence-electron chi connectivity index (χ3n) is 3.65. The average Bonchev–Trinajstić information content (AvgIpc) is 2.12. The summed E-state index contributed by atoms with van der Waals surface area (Å²) in [5.74, 6) is -2.71. The molecule has 0 aromatic rings. The minimum atomic E-state index is -2.71. The highest BCUT2D eigenvalue weighted by molar-refractivity contribution is 5.09. The van der Waals surface area contributed by atoms with Crippen LogP contribution in [0.1, 0.15) is 39.5 Å². The highest BCUT2D eigenvalue weighted by Gasteiger charge is 2.64. The summed E-state index contributed by atoms with van der Waals surface area (Å²) in [7, 11) is 0. The predicted octanol–water partition coefficient (Wildman–Crippen LogP) is 1.95. The summed E-state index contributed by atoms with van der Waals surface area (Å²) in [6.07, 6.45) is 0.0175. The first-order valence-electron chi connectivity index (χ1n) is 5.06. The molecule has 1 aliphatic carbocycles. The van der Waals surface area contributed by atoms with Crippen LogP contribution in [-0.4, -0.2) is 28.3 Å². The molecule has 0 aromatic heterocycles. The van der Waals surface area contributed by atoms with E-state index in [1.807, 2.05) is 0 Å². The van der Waals surface area contributed by atoms with E-state index in [2.05, 4.69) is 0 Å². The van der Waals surface area contributed by atoms with E-state index in [1.165, 1.54) is 0 Å². The van der Waals surface area contributed by atoms with Gasteiger partial charge in [-0.1, -0.05) is 13.8 Å². The molecule has 0 spiro atoms.